The number of carbonyl (C=O) groups is 1. The molecule has 0 saturated carbocycles. The third kappa shape index (κ3) is 10.5. The third-order valence-corrected chi connectivity index (χ3v) is 2.77. The molecule has 0 radical (unpaired) electrons. The first-order valence-corrected chi connectivity index (χ1v) is 6.81. The second kappa shape index (κ2) is 9.34. The van der Waals surface area contributed by atoms with Crippen LogP contribution in [-0.2, 0) is 14.3 Å². The molecule has 0 aromatic heterocycles. The summed E-state index contributed by atoms with van der Waals surface area (Å²) < 4.78 is 10.4. The second-order valence-electron chi connectivity index (χ2n) is 5.89. The van der Waals surface area contributed by atoms with Gasteiger partial charge in [-0.3, -0.25) is 4.79 Å². The Labute approximate surface area is 111 Å². The largest absolute Gasteiger partial charge is 0.463 e. The van der Waals surface area contributed by atoms with Gasteiger partial charge in [0, 0.05) is 13.0 Å². The average molecular weight is 259 g/mol. The summed E-state index contributed by atoms with van der Waals surface area (Å²) in [6.45, 7) is 10.6. The molecule has 0 amide bonds. The fraction of sp³-hybridized carbons (Fsp3) is 0.929. The van der Waals surface area contributed by atoms with Crippen molar-refractivity contribution < 1.29 is 14.3 Å². The molecular weight excluding hydrogens is 230 g/mol. The summed E-state index contributed by atoms with van der Waals surface area (Å²) in [6, 6.07) is 0. The van der Waals surface area contributed by atoms with Crippen LogP contribution in [0.25, 0.3) is 0 Å². The molecule has 0 bridgehead atoms. The number of esters is 1. The van der Waals surface area contributed by atoms with Crippen molar-refractivity contribution in [3.8, 4) is 0 Å². The first-order valence-electron chi connectivity index (χ1n) is 6.81. The smallest absolute Gasteiger partial charge is 0.305 e. The predicted molar refractivity (Wildman–Crippen MR) is 73.3 cm³/mol. The van der Waals surface area contributed by atoms with Crippen LogP contribution in [-0.4, -0.2) is 32.3 Å². The molecule has 108 valence electrons. The minimum absolute atomic E-state index is 0.113. The van der Waals surface area contributed by atoms with Crippen LogP contribution in [0.4, 0.5) is 0 Å². The molecular formula is C14H29NO3. The van der Waals surface area contributed by atoms with Gasteiger partial charge >= 0.3 is 5.97 Å². The number of ether oxygens (including phenoxy) is 2. The summed E-state index contributed by atoms with van der Waals surface area (Å²) in [7, 11) is 0. The maximum atomic E-state index is 11.5. The lowest BCUT2D eigenvalue weighted by Gasteiger charge is -2.23. The topological polar surface area (TPSA) is 61.5 Å². The molecule has 0 aromatic carbocycles. The highest BCUT2D eigenvalue weighted by Gasteiger charge is 2.18. The lowest BCUT2D eigenvalue weighted by molar-refractivity contribution is -0.146. The lowest BCUT2D eigenvalue weighted by Crippen LogP contribution is -2.19. The fourth-order valence-corrected chi connectivity index (χ4v) is 1.56. The Morgan fingerprint density at radius 1 is 1.22 bits per heavy atom. The summed E-state index contributed by atoms with van der Waals surface area (Å²) in [4.78, 5) is 11.5. The standard InChI is InChI=1S/C14H29NO3/c1-12(2)11-17-9-10-18-13(16)5-6-14(3,4)7-8-15/h12H,5-11,15H2,1-4H3. The van der Waals surface area contributed by atoms with Gasteiger partial charge in [0.25, 0.3) is 0 Å². The molecule has 18 heavy (non-hydrogen) atoms. The van der Waals surface area contributed by atoms with Crippen molar-refractivity contribution in [3.05, 3.63) is 0 Å². The van der Waals surface area contributed by atoms with Gasteiger partial charge in [-0.15, -0.1) is 0 Å². The van der Waals surface area contributed by atoms with Crippen LogP contribution in [0.15, 0.2) is 0 Å². The molecule has 0 fully saturated rings. The van der Waals surface area contributed by atoms with Gasteiger partial charge in [-0.25, -0.2) is 0 Å². The van der Waals surface area contributed by atoms with Gasteiger partial charge in [0.05, 0.1) is 6.61 Å². The molecule has 0 atom stereocenters. The van der Waals surface area contributed by atoms with Crippen molar-refractivity contribution in [1.82, 2.24) is 0 Å². The van der Waals surface area contributed by atoms with E-state index in [1.807, 2.05) is 0 Å². The highest BCUT2D eigenvalue weighted by atomic mass is 16.6. The van der Waals surface area contributed by atoms with E-state index in [1.54, 1.807) is 0 Å². The third-order valence-electron chi connectivity index (χ3n) is 2.77. The molecule has 4 heteroatoms. The second-order valence-corrected chi connectivity index (χ2v) is 5.89. The number of rotatable bonds is 10. The summed E-state index contributed by atoms with van der Waals surface area (Å²) in [6.07, 6.45) is 2.20. The van der Waals surface area contributed by atoms with Crippen LogP contribution >= 0.6 is 0 Å². The van der Waals surface area contributed by atoms with Gasteiger partial charge in [-0.05, 0) is 30.7 Å². The van der Waals surface area contributed by atoms with Crippen LogP contribution in [0, 0.1) is 11.3 Å². The van der Waals surface area contributed by atoms with E-state index >= 15 is 0 Å². The Balaban J connectivity index is 3.54. The van der Waals surface area contributed by atoms with Crippen molar-refractivity contribution in [1.29, 1.82) is 0 Å². The van der Waals surface area contributed by atoms with Crippen molar-refractivity contribution in [3.63, 3.8) is 0 Å². The Kier molecular flexibility index (Phi) is 9.02. The van der Waals surface area contributed by atoms with E-state index in [2.05, 4.69) is 27.7 Å². The van der Waals surface area contributed by atoms with Gasteiger partial charge in [0.2, 0.25) is 0 Å². The van der Waals surface area contributed by atoms with Gasteiger partial charge in [-0.1, -0.05) is 27.7 Å². The monoisotopic (exact) mass is 259 g/mol. The van der Waals surface area contributed by atoms with Crippen molar-refractivity contribution in [2.24, 2.45) is 17.1 Å². The average Bonchev–Trinajstić information content (AvgIpc) is 2.25. The van der Waals surface area contributed by atoms with E-state index in [-0.39, 0.29) is 11.4 Å². The first-order chi connectivity index (χ1) is 8.37. The minimum Gasteiger partial charge on any atom is -0.463 e. The summed E-state index contributed by atoms with van der Waals surface area (Å²) in [5.74, 6) is 0.367. The lowest BCUT2D eigenvalue weighted by atomic mass is 9.84. The van der Waals surface area contributed by atoms with Crippen LogP contribution in [0.5, 0.6) is 0 Å². The highest BCUT2D eigenvalue weighted by Crippen LogP contribution is 2.25. The number of nitrogens with two attached hydrogens (primary N) is 1. The van der Waals surface area contributed by atoms with E-state index in [0.29, 0.717) is 38.7 Å². The molecule has 0 rings (SSSR count). The van der Waals surface area contributed by atoms with Gasteiger partial charge in [0.15, 0.2) is 0 Å². The summed E-state index contributed by atoms with van der Waals surface area (Å²) >= 11 is 0. The molecule has 0 heterocycles. The maximum absolute atomic E-state index is 11.5. The van der Waals surface area contributed by atoms with E-state index in [1.165, 1.54) is 0 Å². The minimum atomic E-state index is -0.145. The Morgan fingerprint density at radius 3 is 2.44 bits per heavy atom. The zero-order valence-corrected chi connectivity index (χ0v) is 12.3. The normalized spacial score (nSPS) is 11.9. The van der Waals surface area contributed by atoms with Gasteiger partial charge in [-0.2, -0.15) is 0 Å². The van der Waals surface area contributed by atoms with Gasteiger partial charge < -0.3 is 15.2 Å². The maximum Gasteiger partial charge on any atom is 0.305 e. The van der Waals surface area contributed by atoms with E-state index in [9.17, 15) is 4.79 Å². The first kappa shape index (κ1) is 17.4. The highest BCUT2D eigenvalue weighted by molar-refractivity contribution is 5.69. The SMILES string of the molecule is CC(C)COCCOC(=O)CCC(C)(C)CCN. The van der Waals surface area contributed by atoms with Crippen LogP contribution in [0.1, 0.15) is 47.0 Å². The Hall–Kier alpha value is -0.610. The number of hydrogen-bond acceptors (Lipinski definition) is 4. The van der Waals surface area contributed by atoms with Crippen molar-refractivity contribution in [2.45, 2.75) is 47.0 Å². The van der Waals surface area contributed by atoms with Crippen LogP contribution < -0.4 is 5.73 Å². The molecule has 2 N–H and O–H groups in total. The molecule has 0 spiro atoms. The van der Waals surface area contributed by atoms with Crippen LogP contribution in [0.3, 0.4) is 0 Å². The molecule has 0 aliphatic carbocycles. The summed E-state index contributed by atoms with van der Waals surface area (Å²) in [5, 5.41) is 0. The number of hydrogen-bond donors (Lipinski definition) is 1. The zero-order valence-electron chi connectivity index (χ0n) is 12.3. The quantitative estimate of drug-likeness (QED) is 0.483. The zero-order chi connectivity index (χ0) is 14.0. The molecule has 4 nitrogen and oxygen atoms in total. The molecule has 0 aliphatic heterocycles. The van der Waals surface area contributed by atoms with Crippen molar-refractivity contribution in [2.75, 3.05) is 26.4 Å². The molecule has 0 saturated heterocycles. The van der Waals surface area contributed by atoms with Crippen molar-refractivity contribution >= 4 is 5.97 Å². The van der Waals surface area contributed by atoms with Gasteiger partial charge in [0.1, 0.15) is 6.61 Å². The summed E-state index contributed by atoms with van der Waals surface area (Å²) in [5.41, 5.74) is 5.64. The van der Waals surface area contributed by atoms with E-state index in [4.69, 9.17) is 15.2 Å². The van der Waals surface area contributed by atoms with E-state index < -0.39 is 0 Å². The molecule has 0 aromatic rings. The Bertz CT molecular complexity index is 227. The number of carbonyl (C=O) groups excluding carboxylic acids is 1. The predicted octanol–water partition coefficient (Wildman–Crippen LogP) is 2.36. The van der Waals surface area contributed by atoms with Crippen LogP contribution in [0.2, 0.25) is 0 Å². The van der Waals surface area contributed by atoms with E-state index in [0.717, 1.165) is 12.8 Å². The fourth-order valence-electron chi connectivity index (χ4n) is 1.56. The molecule has 0 aliphatic rings. The Morgan fingerprint density at radius 2 is 1.89 bits per heavy atom. The molecule has 0 unspecified atom stereocenters.